The van der Waals surface area contributed by atoms with Gasteiger partial charge in [0.1, 0.15) is 11.2 Å². The smallest absolute Gasteiger partial charge is 0.136 e. The van der Waals surface area contributed by atoms with Crippen LogP contribution in [0, 0.1) is 0 Å². The summed E-state index contributed by atoms with van der Waals surface area (Å²) in [7, 11) is 0. The normalized spacial score (nSPS) is 11.4. The third-order valence-corrected chi connectivity index (χ3v) is 9.10. The van der Waals surface area contributed by atoms with Crippen LogP contribution in [0.3, 0.4) is 0 Å². The summed E-state index contributed by atoms with van der Waals surface area (Å²) in [6.07, 6.45) is 0. The van der Waals surface area contributed by atoms with Gasteiger partial charge in [0.2, 0.25) is 0 Å². The lowest BCUT2D eigenvalue weighted by molar-refractivity contribution is 0.669. The van der Waals surface area contributed by atoms with Gasteiger partial charge in [0.05, 0.1) is 11.4 Å². The number of benzene rings is 7. The molecule has 0 saturated heterocycles. The topological polar surface area (TPSA) is 26.0 Å². The lowest BCUT2D eigenvalue weighted by Gasteiger charge is -2.12. The van der Waals surface area contributed by atoms with Crippen molar-refractivity contribution >= 4 is 32.7 Å². The van der Waals surface area contributed by atoms with E-state index in [1.54, 1.807) is 0 Å². The summed E-state index contributed by atoms with van der Waals surface area (Å²) in [6, 6.07) is 62.0. The molecule has 0 fully saturated rings. The Labute approximate surface area is 273 Å². The first-order valence-corrected chi connectivity index (χ1v) is 16.0. The van der Waals surface area contributed by atoms with Crippen LogP contribution in [-0.4, -0.2) is 4.98 Å². The van der Waals surface area contributed by atoms with Crippen LogP contribution in [0.1, 0.15) is 0 Å². The van der Waals surface area contributed by atoms with Crippen molar-refractivity contribution in [2.75, 3.05) is 0 Å². The molecule has 0 aliphatic heterocycles. The molecular formula is C45H29NO. The SMILES string of the molecule is c1ccc(-c2ccc(-c3cc(-c4ccc(-c5ccc6c(c5)oc5ccc7ccccc7c56)cc4)cc(-c4ccccc4)n3)cc2)cc1. The van der Waals surface area contributed by atoms with Crippen molar-refractivity contribution in [1.82, 2.24) is 4.98 Å². The average Bonchev–Trinajstić information content (AvgIpc) is 3.54. The zero-order valence-electron chi connectivity index (χ0n) is 25.6. The summed E-state index contributed by atoms with van der Waals surface area (Å²) in [5, 5.41) is 4.77. The van der Waals surface area contributed by atoms with E-state index in [0.717, 1.165) is 61.3 Å². The molecule has 0 amide bonds. The first kappa shape index (κ1) is 27.1. The van der Waals surface area contributed by atoms with Crippen molar-refractivity contribution in [3.05, 3.63) is 176 Å². The van der Waals surface area contributed by atoms with Gasteiger partial charge in [-0.25, -0.2) is 4.98 Å². The third kappa shape index (κ3) is 4.97. The first-order chi connectivity index (χ1) is 23.3. The fraction of sp³-hybridized carbons (Fsp3) is 0. The predicted octanol–water partition coefficient (Wildman–Crippen LogP) is 12.5. The van der Waals surface area contributed by atoms with Crippen LogP contribution in [0.2, 0.25) is 0 Å². The number of hydrogen-bond acceptors (Lipinski definition) is 2. The first-order valence-electron chi connectivity index (χ1n) is 16.0. The van der Waals surface area contributed by atoms with E-state index < -0.39 is 0 Å². The van der Waals surface area contributed by atoms with E-state index in [-0.39, 0.29) is 0 Å². The molecule has 2 heteroatoms. The van der Waals surface area contributed by atoms with Crippen molar-refractivity contribution in [1.29, 1.82) is 0 Å². The highest BCUT2D eigenvalue weighted by molar-refractivity contribution is 6.19. The van der Waals surface area contributed by atoms with Crippen molar-refractivity contribution < 1.29 is 4.42 Å². The number of pyridine rings is 1. The zero-order chi connectivity index (χ0) is 31.2. The van der Waals surface area contributed by atoms with Crippen molar-refractivity contribution in [3.63, 3.8) is 0 Å². The van der Waals surface area contributed by atoms with Crippen molar-refractivity contribution in [3.8, 4) is 55.9 Å². The minimum Gasteiger partial charge on any atom is -0.456 e. The Morgan fingerprint density at radius 2 is 0.830 bits per heavy atom. The molecule has 0 aliphatic rings. The van der Waals surface area contributed by atoms with Gasteiger partial charge in [0.25, 0.3) is 0 Å². The highest BCUT2D eigenvalue weighted by Crippen LogP contribution is 2.37. The summed E-state index contributed by atoms with van der Waals surface area (Å²) < 4.78 is 6.35. The Morgan fingerprint density at radius 1 is 0.319 bits per heavy atom. The quantitative estimate of drug-likeness (QED) is 0.197. The van der Waals surface area contributed by atoms with E-state index >= 15 is 0 Å². The second-order valence-electron chi connectivity index (χ2n) is 12.0. The van der Waals surface area contributed by atoms with Gasteiger partial charge in [-0.15, -0.1) is 0 Å². The molecule has 7 aromatic carbocycles. The summed E-state index contributed by atoms with van der Waals surface area (Å²) in [6.45, 7) is 0. The molecule has 2 aromatic heterocycles. The van der Waals surface area contributed by atoms with Crippen molar-refractivity contribution in [2.45, 2.75) is 0 Å². The second kappa shape index (κ2) is 11.3. The molecule has 0 unspecified atom stereocenters. The maximum absolute atomic E-state index is 6.35. The number of nitrogens with zero attached hydrogens (tertiary/aromatic N) is 1. The maximum atomic E-state index is 6.35. The van der Waals surface area contributed by atoms with E-state index in [0.29, 0.717) is 0 Å². The van der Waals surface area contributed by atoms with Crippen molar-refractivity contribution in [2.24, 2.45) is 0 Å². The standard InChI is InChI=1S/C45H29NO/c1-3-9-30(10-4-1)31-19-21-36(22-20-31)42-28-38(27-41(46-42)35-12-5-2-6-13-35)33-17-15-32(16-18-33)37-23-25-40-44(29-37)47-43-26-24-34-11-7-8-14-39(34)45(40)43/h1-29H. The van der Waals surface area contributed by atoms with Gasteiger partial charge in [0, 0.05) is 21.9 Å². The highest BCUT2D eigenvalue weighted by atomic mass is 16.3. The van der Waals surface area contributed by atoms with Crippen LogP contribution in [0.5, 0.6) is 0 Å². The molecule has 0 radical (unpaired) electrons. The number of rotatable bonds is 5. The highest BCUT2D eigenvalue weighted by Gasteiger charge is 2.13. The van der Waals surface area contributed by atoms with Gasteiger partial charge in [-0.1, -0.05) is 146 Å². The van der Waals surface area contributed by atoms with E-state index in [1.165, 1.54) is 27.3 Å². The predicted molar refractivity (Wildman–Crippen MR) is 196 cm³/mol. The number of fused-ring (bicyclic) bond motifs is 5. The minimum absolute atomic E-state index is 0.905. The minimum atomic E-state index is 0.905. The Bertz CT molecular complexity index is 2530. The fourth-order valence-corrected chi connectivity index (χ4v) is 6.65. The average molecular weight is 600 g/mol. The molecule has 2 nitrogen and oxygen atoms in total. The lowest BCUT2D eigenvalue weighted by Crippen LogP contribution is -1.91. The molecule has 0 aliphatic carbocycles. The summed E-state index contributed by atoms with van der Waals surface area (Å²) in [5.41, 5.74) is 12.9. The van der Waals surface area contributed by atoms with Gasteiger partial charge in [0.15, 0.2) is 0 Å². The van der Waals surface area contributed by atoms with Crippen LogP contribution >= 0.6 is 0 Å². The Morgan fingerprint density at radius 3 is 1.53 bits per heavy atom. The summed E-state index contributed by atoms with van der Waals surface area (Å²) in [4.78, 5) is 5.12. The molecule has 2 heterocycles. The van der Waals surface area contributed by atoms with Gasteiger partial charge >= 0.3 is 0 Å². The summed E-state index contributed by atoms with van der Waals surface area (Å²) in [5.74, 6) is 0. The molecule has 9 rings (SSSR count). The zero-order valence-corrected chi connectivity index (χ0v) is 25.6. The Hall–Kier alpha value is -6.25. The van der Waals surface area contributed by atoms with Crippen LogP contribution in [0.4, 0.5) is 0 Å². The largest absolute Gasteiger partial charge is 0.456 e. The molecule has 0 atom stereocenters. The van der Waals surface area contributed by atoms with Gasteiger partial charge in [-0.3, -0.25) is 0 Å². The molecule has 220 valence electrons. The Balaban J connectivity index is 1.09. The lowest BCUT2D eigenvalue weighted by atomic mass is 9.96. The van der Waals surface area contributed by atoms with E-state index in [1.807, 2.05) is 12.1 Å². The second-order valence-corrected chi connectivity index (χ2v) is 12.0. The fourth-order valence-electron chi connectivity index (χ4n) is 6.65. The van der Waals surface area contributed by atoms with Gasteiger partial charge in [-0.05, 0) is 74.5 Å². The Kier molecular flexibility index (Phi) is 6.50. The van der Waals surface area contributed by atoms with Gasteiger partial charge in [-0.2, -0.15) is 0 Å². The van der Waals surface area contributed by atoms with E-state index in [4.69, 9.17) is 9.40 Å². The molecule has 0 saturated carbocycles. The molecular weight excluding hydrogens is 571 g/mol. The molecule has 0 bridgehead atoms. The van der Waals surface area contributed by atoms with E-state index in [9.17, 15) is 0 Å². The molecule has 0 N–H and O–H groups in total. The molecule has 9 aromatic rings. The molecule has 47 heavy (non-hydrogen) atoms. The van der Waals surface area contributed by atoms with E-state index in [2.05, 4.69) is 164 Å². The number of aromatic nitrogens is 1. The van der Waals surface area contributed by atoms with Crippen LogP contribution in [0.25, 0.3) is 88.6 Å². The monoisotopic (exact) mass is 599 g/mol. The molecule has 0 spiro atoms. The van der Waals surface area contributed by atoms with Crippen LogP contribution < -0.4 is 0 Å². The third-order valence-electron chi connectivity index (χ3n) is 9.10. The van der Waals surface area contributed by atoms with Gasteiger partial charge < -0.3 is 4.42 Å². The maximum Gasteiger partial charge on any atom is 0.136 e. The number of furan rings is 1. The number of hydrogen-bond donors (Lipinski definition) is 0. The summed E-state index contributed by atoms with van der Waals surface area (Å²) >= 11 is 0. The van der Waals surface area contributed by atoms with Crippen LogP contribution in [-0.2, 0) is 0 Å². The van der Waals surface area contributed by atoms with Crippen LogP contribution in [0.15, 0.2) is 180 Å².